The highest BCUT2D eigenvalue weighted by Gasteiger charge is 2.06. The van der Waals surface area contributed by atoms with Crippen LogP contribution < -0.4 is 11.1 Å². The van der Waals surface area contributed by atoms with E-state index in [1.165, 1.54) is 6.07 Å². The minimum atomic E-state index is -0.189. The summed E-state index contributed by atoms with van der Waals surface area (Å²) in [5.41, 5.74) is 5.76. The molecule has 0 saturated carbocycles. The van der Waals surface area contributed by atoms with Gasteiger partial charge >= 0.3 is 0 Å². The van der Waals surface area contributed by atoms with E-state index in [-0.39, 0.29) is 12.5 Å². The maximum absolute atomic E-state index is 11.5. The van der Waals surface area contributed by atoms with E-state index in [1.807, 2.05) is 0 Å². The van der Waals surface area contributed by atoms with Crippen LogP contribution in [0.5, 0.6) is 0 Å². The second-order valence-electron chi connectivity index (χ2n) is 3.60. The maximum Gasteiger partial charge on any atom is 0.269 e. The van der Waals surface area contributed by atoms with E-state index < -0.39 is 0 Å². The summed E-state index contributed by atoms with van der Waals surface area (Å²) in [5.74, 6) is 0.124. The van der Waals surface area contributed by atoms with E-state index in [0.29, 0.717) is 18.1 Å². The van der Waals surface area contributed by atoms with Crippen LogP contribution in [-0.4, -0.2) is 34.4 Å². The molecule has 0 aliphatic carbocycles. The van der Waals surface area contributed by atoms with Gasteiger partial charge in [0.15, 0.2) is 0 Å². The van der Waals surface area contributed by atoms with E-state index in [2.05, 4.69) is 15.5 Å². The number of nitrogen functional groups attached to an aromatic ring is 1. The Morgan fingerprint density at radius 1 is 1.44 bits per heavy atom. The van der Waals surface area contributed by atoms with Gasteiger partial charge in [-0.05, 0) is 12.8 Å². The molecule has 1 aromatic heterocycles. The fraction of sp³-hybridized carbons (Fsp3) is 0.600. The summed E-state index contributed by atoms with van der Waals surface area (Å²) < 4.78 is 0. The summed E-state index contributed by atoms with van der Waals surface area (Å²) in [4.78, 5) is 11.5. The number of anilines is 1. The fourth-order valence-corrected chi connectivity index (χ4v) is 1.34. The topological polar surface area (TPSA) is 104 Å². The van der Waals surface area contributed by atoms with Gasteiger partial charge in [0.1, 0.15) is 11.5 Å². The highest BCUT2D eigenvalue weighted by molar-refractivity contribution is 5.92. The first kappa shape index (κ1) is 12.5. The number of carbonyl (C=O) groups excluding carboxylic acids is 1. The average Bonchev–Trinajstić information content (AvgIpc) is 2.70. The first-order valence-electron chi connectivity index (χ1n) is 5.44. The van der Waals surface area contributed by atoms with Crippen molar-refractivity contribution in [2.75, 3.05) is 18.9 Å². The van der Waals surface area contributed by atoms with Crippen LogP contribution in [0.15, 0.2) is 6.07 Å². The number of rotatable bonds is 7. The van der Waals surface area contributed by atoms with Gasteiger partial charge in [0.05, 0.1) is 0 Å². The molecule has 1 rings (SSSR count). The van der Waals surface area contributed by atoms with Crippen LogP contribution in [0.1, 0.15) is 36.2 Å². The quantitative estimate of drug-likeness (QED) is 0.501. The molecule has 6 heteroatoms. The predicted molar refractivity (Wildman–Crippen MR) is 60.9 cm³/mol. The lowest BCUT2D eigenvalue weighted by atomic mass is 10.2. The predicted octanol–water partition coefficient (Wildman–Crippen LogP) is 0.274. The average molecular weight is 226 g/mol. The van der Waals surface area contributed by atoms with Crippen molar-refractivity contribution in [3.8, 4) is 0 Å². The van der Waals surface area contributed by atoms with Gasteiger partial charge in [0.2, 0.25) is 0 Å². The summed E-state index contributed by atoms with van der Waals surface area (Å²) in [6, 6.07) is 1.50. The van der Waals surface area contributed by atoms with E-state index in [1.54, 1.807) is 0 Å². The van der Waals surface area contributed by atoms with Crippen LogP contribution in [0.3, 0.4) is 0 Å². The SMILES string of the molecule is Nc1cc(C(=O)NCCCCCCO)[nH]n1. The fourth-order valence-electron chi connectivity index (χ4n) is 1.34. The molecule has 1 aromatic rings. The van der Waals surface area contributed by atoms with Gasteiger partial charge in [-0.1, -0.05) is 12.8 Å². The number of hydrogen-bond donors (Lipinski definition) is 4. The molecule has 0 saturated heterocycles. The Labute approximate surface area is 94.2 Å². The van der Waals surface area contributed by atoms with Crippen LogP contribution >= 0.6 is 0 Å². The Bertz CT molecular complexity index is 324. The second-order valence-corrected chi connectivity index (χ2v) is 3.60. The summed E-state index contributed by atoms with van der Waals surface area (Å²) >= 11 is 0. The molecule has 0 radical (unpaired) electrons. The Kier molecular flexibility index (Phi) is 5.35. The van der Waals surface area contributed by atoms with Gasteiger partial charge in [-0.15, -0.1) is 0 Å². The number of nitrogens with zero attached hydrogens (tertiary/aromatic N) is 1. The number of aliphatic hydroxyl groups excluding tert-OH is 1. The van der Waals surface area contributed by atoms with Crippen LogP contribution in [0.2, 0.25) is 0 Å². The van der Waals surface area contributed by atoms with E-state index in [0.717, 1.165) is 25.7 Å². The molecule has 0 atom stereocenters. The number of aromatic nitrogens is 2. The minimum absolute atomic E-state index is 0.189. The van der Waals surface area contributed by atoms with Crippen molar-refractivity contribution in [1.29, 1.82) is 0 Å². The Morgan fingerprint density at radius 2 is 2.19 bits per heavy atom. The van der Waals surface area contributed by atoms with Crippen molar-refractivity contribution in [3.63, 3.8) is 0 Å². The van der Waals surface area contributed by atoms with E-state index in [4.69, 9.17) is 10.8 Å². The summed E-state index contributed by atoms with van der Waals surface area (Å²) in [7, 11) is 0. The molecule has 0 fully saturated rings. The van der Waals surface area contributed by atoms with Crippen LogP contribution in [-0.2, 0) is 0 Å². The molecule has 5 N–H and O–H groups in total. The third-order valence-corrected chi connectivity index (χ3v) is 2.21. The highest BCUT2D eigenvalue weighted by atomic mass is 16.2. The van der Waals surface area contributed by atoms with Crippen molar-refractivity contribution in [2.24, 2.45) is 0 Å². The zero-order valence-electron chi connectivity index (χ0n) is 9.20. The molecule has 1 amide bonds. The van der Waals surface area contributed by atoms with Crippen LogP contribution in [0.4, 0.5) is 5.82 Å². The molecule has 1 heterocycles. The smallest absolute Gasteiger partial charge is 0.269 e. The molecular formula is C10H18N4O2. The lowest BCUT2D eigenvalue weighted by molar-refractivity contribution is 0.0948. The summed E-state index contributed by atoms with van der Waals surface area (Å²) in [6.45, 7) is 0.864. The first-order valence-corrected chi connectivity index (χ1v) is 5.44. The van der Waals surface area contributed by atoms with Crippen molar-refractivity contribution < 1.29 is 9.90 Å². The molecule has 6 nitrogen and oxygen atoms in total. The number of aliphatic hydroxyl groups is 1. The van der Waals surface area contributed by atoms with E-state index >= 15 is 0 Å². The minimum Gasteiger partial charge on any atom is -0.396 e. The lowest BCUT2D eigenvalue weighted by Crippen LogP contribution is -2.24. The van der Waals surface area contributed by atoms with Gasteiger partial charge in [0, 0.05) is 19.2 Å². The second kappa shape index (κ2) is 6.84. The molecule has 0 bridgehead atoms. The number of aromatic amines is 1. The Hall–Kier alpha value is -1.56. The number of carbonyl (C=O) groups is 1. The third kappa shape index (κ3) is 4.31. The lowest BCUT2D eigenvalue weighted by Gasteiger charge is -2.02. The van der Waals surface area contributed by atoms with Crippen molar-refractivity contribution in [1.82, 2.24) is 15.5 Å². The van der Waals surface area contributed by atoms with Gasteiger partial charge in [0.25, 0.3) is 5.91 Å². The number of nitrogens with two attached hydrogens (primary N) is 1. The normalized spacial score (nSPS) is 10.3. The zero-order valence-corrected chi connectivity index (χ0v) is 9.20. The largest absolute Gasteiger partial charge is 0.396 e. The summed E-state index contributed by atoms with van der Waals surface area (Å²) in [5, 5.41) is 17.5. The molecule has 90 valence electrons. The number of amides is 1. The third-order valence-electron chi connectivity index (χ3n) is 2.21. The maximum atomic E-state index is 11.5. The van der Waals surface area contributed by atoms with Crippen molar-refractivity contribution in [3.05, 3.63) is 11.8 Å². The highest BCUT2D eigenvalue weighted by Crippen LogP contribution is 2.01. The zero-order chi connectivity index (χ0) is 11.8. The van der Waals surface area contributed by atoms with Gasteiger partial charge < -0.3 is 16.2 Å². The standard InChI is InChI=1S/C10H18N4O2/c11-9-7-8(13-14-9)10(16)12-5-3-1-2-4-6-15/h7,15H,1-6H2,(H,12,16)(H3,11,13,14). The number of hydrogen-bond acceptors (Lipinski definition) is 4. The van der Waals surface area contributed by atoms with Gasteiger partial charge in [-0.2, -0.15) is 5.10 Å². The Balaban J connectivity index is 2.11. The first-order chi connectivity index (χ1) is 7.74. The van der Waals surface area contributed by atoms with Gasteiger partial charge in [-0.25, -0.2) is 0 Å². The molecule has 0 aliphatic rings. The number of H-pyrrole nitrogens is 1. The van der Waals surface area contributed by atoms with Crippen molar-refractivity contribution in [2.45, 2.75) is 25.7 Å². The molecule has 0 unspecified atom stereocenters. The Morgan fingerprint density at radius 3 is 2.81 bits per heavy atom. The molecule has 16 heavy (non-hydrogen) atoms. The molecule has 0 aromatic carbocycles. The molecule has 0 aliphatic heterocycles. The summed E-state index contributed by atoms with van der Waals surface area (Å²) in [6.07, 6.45) is 3.73. The van der Waals surface area contributed by atoms with Gasteiger partial charge in [-0.3, -0.25) is 9.89 Å². The van der Waals surface area contributed by atoms with Crippen molar-refractivity contribution >= 4 is 11.7 Å². The van der Waals surface area contributed by atoms with Crippen LogP contribution in [0.25, 0.3) is 0 Å². The number of nitrogens with one attached hydrogen (secondary N) is 2. The molecule has 0 spiro atoms. The van der Waals surface area contributed by atoms with Crippen LogP contribution in [0, 0.1) is 0 Å². The molecular weight excluding hydrogens is 208 g/mol. The number of unbranched alkanes of at least 4 members (excludes halogenated alkanes) is 3. The van der Waals surface area contributed by atoms with E-state index in [9.17, 15) is 4.79 Å². The monoisotopic (exact) mass is 226 g/mol.